The van der Waals surface area contributed by atoms with E-state index in [9.17, 15) is 13.7 Å². The average molecular weight is 316 g/mol. The van der Waals surface area contributed by atoms with Crippen LogP contribution in [0.15, 0.2) is 0 Å². The van der Waals surface area contributed by atoms with Gasteiger partial charge < -0.3 is 0 Å². The van der Waals surface area contributed by atoms with Crippen LogP contribution in [0.5, 0.6) is 0 Å². The van der Waals surface area contributed by atoms with Crippen LogP contribution < -0.4 is 0 Å². The van der Waals surface area contributed by atoms with Crippen molar-refractivity contribution in [2.75, 3.05) is 23.8 Å². The third kappa shape index (κ3) is 3.49. The summed E-state index contributed by atoms with van der Waals surface area (Å²) in [5, 5.41) is 9.05. The van der Waals surface area contributed by atoms with E-state index in [1.54, 1.807) is 18.7 Å². The molecular weight excluding hydrogens is 292 g/mol. The molecule has 0 amide bonds. The molecule has 1 aliphatic carbocycles. The molecule has 0 bridgehead atoms. The van der Waals surface area contributed by atoms with Crippen molar-refractivity contribution in [3.05, 3.63) is 0 Å². The summed E-state index contributed by atoms with van der Waals surface area (Å²) in [5.74, 6) is 1.82. The molecule has 1 saturated carbocycles. The minimum Gasteiger partial charge on any atom is -0.281 e. The quantitative estimate of drug-likeness (QED) is 0.748. The zero-order valence-electron chi connectivity index (χ0n) is 12.1. The molecule has 0 aromatic rings. The fourth-order valence-electron chi connectivity index (χ4n) is 3.31. The van der Waals surface area contributed by atoms with Gasteiger partial charge in [0.15, 0.2) is 9.84 Å². The lowest BCUT2D eigenvalue weighted by Gasteiger charge is -2.41. The first kappa shape index (κ1) is 16.1. The van der Waals surface area contributed by atoms with E-state index < -0.39 is 9.84 Å². The highest BCUT2D eigenvalue weighted by Crippen LogP contribution is 2.32. The molecule has 6 heteroatoms. The lowest BCUT2D eigenvalue weighted by molar-refractivity contribution is 0.150. The van der Waals surface area contributed by atoms with Crippen LogP contribution in [0.25, 0.3) is 0 Å². The van der Waals surface area contributed by atoms with Crippen LogP contribution in [0.2, 0.25) is 0 Å². The highest BCUT2D eigenvalue weighted by atomic mass is 32.2. The molecule has 2 rings (SSSR count). The van der Waals surface area contributed by atoms with Crippen molar-refractivity contribution in [1.29, 1.82) is 5.26 Å². The number of thioether (sulfide) groups is 1. The van der Waals surface area contributed by atoms with E-state index in [0.29, 0.717) is 5.75 Å². The Morgan fingerprint density at radius 1 is 1.30 bits per heavy atom. The predicted molar refractivity (Wildman–Crippen MR) is 83.3 cm³/mol. The number of nitrogens with zero attached hydrogens (tertiary/aromatic N) is 2. The summed E-state index contributed by atoms with van der Waals surface area (Å²) in [7, 11) is -3.07. The van der Waals surface area contributed by atoms with Crippen LogP contribution in [0.1, 0.15) is 39.0 Å². The van der Waals surface area contributed by atoms with E-state index in [-0.39, 0.29) is 23.1 Å². The zero-order chi connectivity index (χ0) is 14.6. The second-order valence-electron chi connectivity index (χ2n) is 5.66. The molecule has 2 aliphatic rings. The Balaban J connectivity index is 2.24. The van der Waals surface area contributed by atoms with Crippen LogP contribution in [0.3, 0.4) is 0 Å². The molecule has 2 fully saturated rings. The van der Waals surface area contributed by atoms with Gasteiger partial charge in [-0.2, -0.15) is 17.0 Å². The molecule has 0 radical (unpaired) electrons. The summed E-state index contributed by atoms with van der Waals surface area (Å²) in [6.45, 7) is 2.53. The normalized spacial score (nSPS) is 33.3. The molecular formula is C14H24N2O2S2. The van der Waals surface area contributed by atoms with Crippen LogP contribution in [-0.2, 0) is 9.84 Å². The van der Waals surface area contributed by atoms with E-state index in [2.05, 4.69) is 11.0 Å². The van der Waals surface area contributed by atoms with Gasteiger partial charge in [0.05, 0.1) is 12.0 Å². The second kappa shape index (κ2) is 7.15. The molecule has 1 saturated heterocycles. The summed E-state index contributed by atoms with van der Waals surface area (Å²) in [5.41, 5.74) is 0. The average Bonchev–Trinajstić information content (AvgIpc) is 2.72. The molecule has 20 heavy (non-hydrogen) atoms. The van der Waals surface area contributed by atoms with Gasteiger partial charge in [0.25, 0.3) is 0 Å². The molecule has 4 nitrogen and oxygen atoms in total. The molecule has 0 aromatic heterocycles. The number of hydrogen-bond donors (Lipinski definition) is 0. The summed E-state index contributed by atoms with van der Waals surface area (Å²) in [6.07, 6.45) is 5.28. The number of rotatable bonds is 3. The van der Waals surface area contributed by atoms with Crippen molar-refractivity contribution in [2.45, 2.75) is 50.4 Å². The van der Waals surface area contributed by atoms with Crippen LogP contribution >= 0.6 is 11.8 Å². The van der Waals surface area contributed by atoms with Crippen molar-refractivity contribution in [2.24, 2.45) is 5.92 Å². The van der Waals surface area contributed by atoms with Crippen LogP contribution in [-0.4, -0.2) is 48.5 Å². The lowest BCUT2D eigenvalue weighted by Crippen LogP contribution is -2.54. The van der Waals surface area contributed by atoms with Gasteiger partial charge in [-0.15, -0.1) is 0 Å². The van der Waals surface area contributed by atoms with Gasteiger partial charge in [0, 0.05) is 29.8 Å². The van der Waals surface area contributed by atoms with Crippen molar-refractivity contribution in [3.63, 3.8) is 0 Å². The summed E-state index contributed by atoms with van der Waals surface area (Å²) in [6, 6.07) is 2.57. The first-order chi connectivity index (χ1) is 9.60. The van der Waals surface area contributed by atoms with Gasteiger partial charge in [-0.3, -0.25) is 4.90 Å². The minimum atomic E-state index is -3.07. The van der Waals surface area contributed by atoms with E-state index in [4.69, 9.17) is 0 Å². The number of hydrogen-bond acceptors (Lipinski definition) is 5. The predicted octanol–water partition coefficient (Wildman–Crippen LogP) is 2.27. The van der Waals surface area contributed by atoms with Crippen LogP contribution in [0, 0.1) is 17.2 Å². The van der Waals surface area contributed by atoms with E-state index >= 15 is 0 Å². The van der Waals surface area contributed by atoms with Gasteiger partial charge in [-0.25, -0.2) is 8.42 Å². The van der Waals surface area contributed by atoms with Gasteiger partial charge in [0.1, 0.15) is 5.37 Å². The Morgan fingerprint density at radius 2 is 2.05 bits per heavy atom. The van der Waals surface area contributed by atoms with Crippen LogP contribution in [0.4, 0.5) is 0 Å². The molecule has 1 aliphatic heterocycles. The first-order valence-electron chi connectivity index (χ1n) is 7.55. The highest BCUT2D eigenvalue weighted by molar-refractivity contribution is 8.01. The second-order valence-corrected chi connectivity index (χ2v) is 9.26. The Morgan fingerprint density at radius 3 is 2.75 bits per heavy atom. The highest BCUT2D eigenvalue weighted by Gasteiger charge is 2.39. The Labute approximate surface area is 126 Å². The smallest absolute Gasteiger partial charge is 0.166 e. The van der Waals surface area contributed by atoms with Gasteiger partial charge in [-0.05, 0) is 12.8 Å². The maximum Gasteiger partial charge on any atom is 0.166 e. The van der Waals surface area contributed by atoms with Crippen molar-refractivity contribution < 1.29 is 8.42 Å². The maximum absolute atomic E-state index is 12.4. The van der Waals surface area contributed by atoms with E-state index in [1.165, 1.54) is 6.42 Å². The van der Waals surface area contributed by atoms with Gasteiger partial charge >= 0.3 is 0 Å². The number of sulfone groups is 1. The largest absolute Gasteiger partial charge is 0.281 e. The monoisotopic (exact) mass is 316 g/mol. The molecule has 1 heterocycles. The third-order valence-electron chi connectivity index (χ3n) is 4.51. The zero-order valence-corrected chi connectivity index (χ0v) is 13.8. The molecule has 114 valence electrons. The molecule has 3 atom stereocenters. The summed E-state index contributed by atoms with van der Waals surface area (Å²) < 4.78 is 24.7. The molecule has 0 spiro atoms. The van der Waals surface area contributed by atoms with Crippen molar-refractivity contribution in [3.8, 4) is 6.07 Å². The SMILES string of the molecule is CCS(=O)(=O)C1CSCCN1C1CCCCCC1C#N. The fourth-order valence-corrected chi connectivity index (χ4v) is 6.39. The third-order valence-corrected chi connectivity index (χ3v) is 7.82. The lowest BCUT2D eigenvalue weighted by atomic mass is 9.94. The Kier molecular flexibility index (Phi) is 5.76. The van der Waals surface area contributed by atoms with Gasteiger partial charge in [0.2, 0.25) is 0 Å². The van der Waals surface area contributed by atoms with E-state index in [0.717, 1.165) is 38.0 Å². The minimum absolute atomic E-state index is 0.00449. The summed E-state index contributed by atoms with van der Waals surface area (Å²) in [4.78, 5) is 2.15. The molecule has 0 N–H and O–H groups in total. The molecule has 0 aromatic carbocycles. The maximum atomic E-state index is 12.4. The van der Waals surface area contributed by atoms with E-state index in [1.807, 2.05) is 0 Å². The Hall–Kier alpha value is -0.250. The topological polar surface area (TPSA) is 61.2 Å². The van der Waals surface area contributed by atoms with Crippen molar-refractivity contribution in [1.82, 2.24) is 4.90 Å². The number of nitriles is 1. The van der Waals surface area contributed by atoms with Crippen molar-refractivity contribution >= 4 is 21.6 Å². The fraction of sp³-hybridized carbons (Fsp3) is 0.929. The van der Waals surface area contributed by atoms with Gasteiger partial charge in [-0.1, -0.05) is 26.2 Å². The standard InChI is InChI=1S/C14H24N2O2S2/c1-2-20(17,18)14-11-19-9-8-16(14)13-7-5-3-4-6-12(13)10-15/h12-14H,2-9,11H2,1H3. The molecule has 3 unspecified atom stereocenters. The Bertz CT molecular complexity index is 458. The summed E-state index contributed by atoms with van der Waals surface area (Å²) >= 11 is 1.72. The first-order valence-corrected chi connectivity index (χ1v) is 10.4.